The van der Waals surface area contributed by atoms with E-state index in [1.807, 2.05) is 12.1 Å². The van der Waals surface area contributed by atoms with Crippen LogP contribution >= 0.6 is 0 Å². The van der Waals surface area contributed by atoms with Crippen LogP contribution in [0.4, 0.5) is 11.9 Å². The summed E-state index contributed by atoms with van der Waals surface area (Å²) < 4.78 is 6.98. The molecule has 28 heavy (non-hydrogen) atoms. The molecule has 0 aromatic carbocycles. The first kappa shape index (κ1) is 16.6. The molecular weight excluding hydrogens is 358 g/mol. The van der Waals surface area contributed by atoms with Crippen LogP contribution in [0.2, 0.25) is 0 Å². The molecule has 0 bridgehead atoms. The minimum Gasteiger partial charge on any atom is -0.461 e. The summed E-state index contributed by atoms with van der Waals surface area (Å²) in [6.45, 7) is 4.25. The number of nitrogen functional groups attached to an aromatic ring is 1. The van der Waals surface area contributed by atoms with E-state index in [1.54, 1.807) is 35.4 Å². The molecule has 2 N–H and O–H groups in total. The zero-order valence-corrected chi connectivity index (χ0v) is 15.1. The highest BCUT2D eigenvalue weighted by Gasteiger charge is 2.21. The van der Waals surface area contributed by atoms with Gasteiger partial charge in [-0.1, -0.05) is 0 Å². The highest BCUT2D eigenvalue weighted by molar-refractivity contribution is 5.57. The molecule has 0 saturated carbocycles. The van der Waals surface area contributed by atoms with Crippen LogP contribution in [0.15, 0.2) is 47.5 Å². The van der Waals surface area contributed by atoms with E-state index in [0.29, 0.717) is 23.2 Å². The van der Waals surface area contributed by atoms with Crippen LogP contribution < -0.4 is 10.6 Å². The molecule has 0 spiro atoms. The van der Waals surface area contributed by atoms with Crippen molar-refractivity contribution in [1.29, 1.82) is 0 Å². The fourth-order valence-corrected chi connectivity index (χ4v) is 3.36. The number of rotatable bonds is 4. The second-order valence-corrected chi connectivity index (χ2v) is 6.60. The van der Waals surface area contributed by atoms with Gasteiger partial charge in [0, 0.05) is 56.9 Å². The Morgan fingerprint density at radius 3 is 2.61 bits per heavy atom. The zero-order valence-electron chi connectivity index (χ0n) is 15.1. The summed E-state index contributed by atoms with van der Waals surface area (Å²) in [5.74, 6) is 2.18. The van der Waals surface area contributed by atoms with Crippen LogP contribution in [0.1, 0.15) is 5.56 Å². The van der Waals surface area contributed by atoms with Crippen LogP contribution in [0.3, 0.4) is 0 Å². The van der Waals surface area contributed by atoms with Crippen molar-refractivity contribution in [3.8, 4) is 11.6 Å². The molecule has 0 radical (unpaired) electrons. The Morgan fingerprint density at radius 1 is 1.04 bits per heavy atom. The van der Waals surface area contributed by atoms with Crippen molar-refractivity contribution >= 4 is 17.5 Å². The Balaban J connectivity index is 1.35. The van der Waals surface area contributed by atoms with Gasteiger partial charge >= 0.3 is 0 Å². The molecule has 0 atom stereocenters. The van der Waals surface area contributed by atoms with Gasteiger partial charge in [-0.15, -0.1) is 5.10 Å². The normalized spacial score (nSPS) is 15.4. The first-order valence-corrected chi connectivity index (χ1v) is 9.06. The van der Waals surface area contributed by atoms with Crippen molar-refractivity contribution in [3.05, 3.63) is 48.6 Å². The Labute approximate surface area is 160 Å². The van der Waals surface area contributed by atoms with E-state index >= 15 is 0 Å². The predicted octanol–water partition coefficient (Wildman–Crippen LogP) is 1.08. The average Bonchev–Trinajstić information content (AvgIpc) is 3.42. The minimum absolute atomic E-state index is 0.301. The third kappa shape index (κ3) is 3.03. The second kappa shape index (κ2) is 6.89. The molecule has 1 aliphatic heterocycles. The molecule has 1 saturated heterocycles. The molecule has 0 unspecified atom stereocenters. The predicted molar refractivity (Wildman–Crippen MR) is 102 cm³/mol. The number of nitrogens with two attached hydrogens (primary N) is 1. The maximum atomic E-state index is 5.99. The third-order valence-electron chi connectivity index (χ3n) is 4.81. The van der Waals surface area contributed by atoms with Gasteiger partial charge in [0.15, 0.2) is 11.4 Å². The lowest BCUT2D eigenvalue weighted by molar-refractivity contribution is 0.249. The smallest absolute Gasteiger partial charge is 0.225 e. The number of fused-ring (bicyclic) bond motifs is 1. The number of nitrogens with zero attached hydrogens (tertiary/aromatic N) is 8. The standard InChI is InChI=1S/C18H19N9O/c19-17-22-11-13(16-23-15(24-27(16)17)14-3-1-10-28-14)12-25-6-8-26(9-7-25)18-20-4-2-5-21-18/h1-5,10-11H,6-9,12H2,(H2,19,22). The van der Waals surface area contributed by atoms with Gasteiger partial charge in [-0.3, -0.25) is 4.90 Å². The average molecular weight is 377 g/mol. The summed E-state index contributed by atoms with van der Waals surface area (Å²) in [4.78, 5) is 22.1. The van der Waals surface area contributed by atoms with Gasteiger partial charge in [0.1, 0.15) is 0 Å². The van der Waals surface area contributed by atoms with Crippen molar-refractivity contribution in [1.82, 2.24) is 34.4 Å². The van der Waals surface area contributed by atoms with Crippen molar-refractivity contribution in [2.45, 2.75) is 6.54 Å². The van der Waals surface area contributed by atoms with Gasteiger partial charge in [-0.05, 0) is 18.2 Å². The maximum absolute atomic E-state index is 5.99. The largest absolute Gasteiger partial charge is 0.461 e. The Hall–Kier alpha value is -3.53. The highest BCUT2D eigenvalue weighted by Crippen LogP contribution is 2.21. The summed E-state index contributed by atoms with van der Waals surface area (Å²) >= 11 is 0. The number of hydrogen-bond donors (Lipinski definition) is 1. The molecule has 0 amide bonds. The van der Waals surface area contributed by atoms with Crippen molar-refractivity contribution in [2.75, 3.05) is 36.8 Å². The molecule has 1 aliphatic rings. The Morgan fingerprint density at radius 2 is 1.86 bits per heavy atom. The van der Waals surface area contributed by atoms with Crippen molar-refractivity contribution < 1.29 is 4.42 Å². The van der Waals surface area contributed by atoms with E-state index in [-0.39, 0.29) is 0 Å². The van der Waals surface area contributed by atoms with Gasteiger partial charge in [0.25, 0.3) is 0 Å². The monoisotopic (exact) mass is 377 g/mol. The molecule has 5 heterocycles. The van der Waals surface area contributed by atoms with Gasteiger partial charge in [-0.25, -0.2) is 19.9 Å². The summed E-state index contributed by atoms with van der Waals surface area (Å²) in [6, 6.07) is 5.46. The van der Waals surface area contributed by atoms with Crippen molar-refractivity contribution in [3.63, 3.8) is 0 Å². The number of hydrogen-bond acceptors (Lipinski definition) is 9. The minimum atomic E-state index is 0.301. The van der Waals surface area contributed by atoms with E-state index in [4.69, 9.17) is 10.2 Å². The molecule has 10 nitrogen and oxygen atoms in total. The number of piperazine rings is 1. The van der Waals surface area contributed by atoms with E-state index in [0.717, 1.165) is 44.2 Å². The van der Waals surface area contributed by atoms with Crippen molar-refractivity contribution in [2.24, 2.45) is 0 Å². The lowest BCUT2D eigenvalue weighted by Crippen LogP contribution is -2.46. The molecule has 4 aromatic heterocycles. The van der Waals surface area contributed by atoms with Gasteiger partial charge in [0.2, 0.25) is 17.7 Å². The highest BCUT2D eigenvalue weighted by atomic mass is 16.3. The first-order chi connectivity index (χ1) is 13.8. The van der Waals surface area contributed by atoms with E-state index in [9.17, 15) is 0 Å². The molecule has 4 aromatic rings. The molecule has 10 heteroatoms. The van der Waals surface area contributed by atoms with Gasteiger partial charge in [-0.2, -0.15) is 4.52 Å². The summed E-state index contributed by atoms with van der Waals surface area (Å²) in [5, 5.41) is 4.44. The van der Waals surface area contributed by atoms with Gasteiger partial charge in [0.05, 0.1) is 6.26 Å². The van der Waals surface area contributed by atoms with Crippen LogP contribution in [0.25, 0.3) is 17.2 Å². The first-order valence-electron chi connectivity index (χ1n) is 9.06. The number of anilines is 2. The SMILES string of the molecule is Nc1ncc(CN2CCN(c3ncccn3)CC2)c2nc(-c3ccco3)nn12. The maximum Gasteiger partial charge on any atom is 0.225 e. The fourth-order valence-electron chi connectivity index (χ4n) is 3.36. The van der Waals surface area contributed by atoms with E-state index < -0.39 is 0 Å². The topological polar surface area (TPSA) is 114 Å². The van der Waals surface area contributed by atoms with Crippen LogP contribution in [-0.2, 0) is 6.54 Å². The van der Waals surface area contributed by atoms with Gasteiger partial charge < -0.3 is 15.1 Å². The molecule has 5 rings (SSSR count). The number of aromatic nitrogens is 6. The Kier molecular flexibility index (Phi) is 4.09. The fraction of sp³-hybridized carbons (Fsp3) is 0.278. The van der Waals surface area contributed by atoms with Crippen LogP contribution in [0.5, 0.6) is 0 Å². The lowest BCUT2D eigenvalue weighted by atomic mass is 10.2. The van der Waals surface area contributed by atoms with Crippen LogP contribution in [0, 0.1) is 0 Å². The molecule has 0 aliphatic carbocycles. The summed E-state index contributed by atoms with van der Waals surface area (Å²) in [7, 11) is 0. The lowest BCUT2D eigenvalue weighted by Gasteiger charge is -2.34. The zero-order chi connectivity index (χ0) is 18.9. The quantitative estimate of drug-likeness (QED) is 0.558. The van der Waals surface area contributed by atoms with Crippen LogP contribution in [-0.4, -0.2) is 60.6 Å². The molecule has 1 fully saturated rings. The molecule has 142 valence electrons. The summed E-state index contributed by atoms with van der Waals surface area (Å²) in [5.41, 5.74) is 7.67. The Bertz CT molecular complexity index is 1070. The number of furan rings is 1. The van der Waals surface area contributed by atoms with E-state index in [2.05, 4.69) is 34.8 Å². The third-order valence-corrected chi connectivity index (χ3v) is 4.81. The second-order valence-electron chi connectivity index (χ2n) is 6.60. The van der Waals surface area contributed by atoms with E-state index in [1.165, 1.54) is 0 Å². The molecular formula is C18H19N9O. The summed E-state index contributed by atoms with van der Waals surface area (Å²) in [6.07, 6.45) is 6.91.